The predicted octanol–water partition coefficient (Wildman–Crippen LogP) is 3.63. The van der Waals surface area contributed by atoms with Crippen LogP contribution in [-0.2, 0) is 4.74 Å². The van der Waals surface area contributed by atoms with Gasteiger partial charge >= 0.3 is 21.7 Å². The highest BCUT2D eigenvalue weighted by Gasteiger charge is 2.19. The molecule has 1 aliphatic rings. The van der Waals surface area contributed by atoms with Gasteiger partial charge in [-0.15, -0.1) is 17.0 Å². The minimum atomic E-state index is -0.464. The minimum Gasteiger partial charge on any atom is -0.368 e. The van der Waals surface area contributed by atoms with Crippen LogP contribution in [0.2, 0.25) is 4.55 Å². The topological polar surface area (TPSA) is 29.5 Å². The van der Waals surface area contributed by atoms with E-state index in [2.05, 4.69) is 28.6 Å². The molecule has 1 N–H and O–H groups in total. The Balaban J connectivity index is 0. The molecule has 0 bridgehead atoms. The van der Waals surface area contributed by atoms with Crippen molar-refractivity contribution in [2.75, 3.05) is 6.61 Å². The van der Waals surface area contributed by atoms with Crippen molar-refractivity contribution in [1.29, 1.82) is 0 Å². The maximum absolute atomic E-state index is 8.69. The SMILES string of the molecule is Br.CCCCCC[CH2][Mg+2].OC1CCCCO1. The second-order valence-corrected chi connectivity index (χ2v) is 4.80. The molecule has 0 aliphatic carbocycles. The number of aliphatic hydroxyl groups excluding tert-OH is 1. The Kier molecular flexibility index (Phi) is 19.7. The summed E-state index contributed by atoms with van der Waals surface area (Å²) in [5.74, 6) is 0. The van der Waals surface area contributed by atoms with Crippen LogP contribution in [0, 0.1) is 0 Å². The van der Waals surface area contributed by atoms with Crippen molar-refractivity contribution in [3.8, 4) is 0 Å². The van der Waals surface area contributed by atoms with Crippen LogP contribution in [0.5, 0.6) is 0 Å². The fourth-order valence-corrected chi connectivity index (χ4v) is 1.86. The molecule has 1 heterocycles. The lowest BCUT2D eigenvalue weighted by Gasteiger charge is -2.16. The molecule has 1 fully saturated rings. The second-order valence-electron chi connectivity index (χ2n) is 4.09. The number of unbranched alkanes of at least 4 members (excludes halogenated alkanes) is 4. The summed E-state index contributed by atoms with van der Waals surface area (Å²) in [6.45, 7) is 2.99. The highest BCUT2D eigenvalue weighted by molar-refractivity contribution is 8.93. The van der Waals surface area contributed by atoms with E-state index in [0.717, 1.165) is 25.9 Å². The van der Waals surface area contributed by atoms with Gasteiger partial charge in [0.25, 0.3) is 4.55 Å². The first kappa shape index (κ1) is 19.5. The van der Waals surface area contributed by atoms with Crippen molar-refractivity contribution < 1.29 is 9.84 Å². The Hall–Kier alpha value is 1.17. The Morgan fingerprint density at radius 1 is 1.19 bits per heavy atom. The first-order valence-electron chi connectivity index (χ1n) is 6.40. The van der Waals surface area contributed by atoms with E-state index in [1.807, 2.05) is 0 Å². The zero-order valence-corrected chi connectivity index (χ0v) is 13.7. The van der Waals surface area contributed by atoms with Crippen LogP contribution in [-0.4, -0.2) is 39.7 Å². The van der Waals surface area contributed by atoms with Gasteiger partial charge < -0.3 is 9.84 Å². The molecule has 0 saturated carbocycles. The lowest BCUT2D eigenvalue weighted by atomic mass is 10.2. The van der Waals surface area contributed by atoms with Crippen molar-refractivity contribution in [2.24, 2.45) is 0 Å². The van der Waals surface area contributed by atoms with Crippen LogP contribution in [0.15, 0.2) is 0 Å². The largest absolute Gasteiger partial charge is 1.41 e. The lowest BCUT2D eigenvalue weighted by molar-refractivity contribution is -0.123. The molecule has 0 spiro atoms. The van der Waals surface area contributed by atoms with E-state index in [0.29, 0.717) is 0 Å². The molecular formula is C12H26BrMgO2+2. The zero-order chi connectivity index (χ0) is 11.4. The van der Waals surface area contributed by atoms with Crippen LogP contribution in [0.3, 0.4) is 0 Å². The molecule has 1 rings (SSSR count). The maximum Gasteiger partial charge on any atom is 1.41 e. The molecule has 0 aromatic heterocycles. The number of hydrogen-bond acceptors (Lipinski definition) is 2. The Labute approximate surface area is 124 Å². The van der Waals surface area contributed by atoms with Crippen LogP contribution in [0.4, 0.5) is 0 Å². The summed E-state index contributed by atoms with van der Waals surface area (Å²) in [6.07, 6.45) is 9.73. The highest BCUT2D eigenvalue weighted by Crippen LogP contribution is 2.08. The van der Waals surface area contributed by atoms with E-state index >= 15 is 0 Å². The van der Waals surface area contributed by atoms with Crippen molar-refractivity contribution in [3.05, 3.63) is 0 Å². The molecule has 93 valence electrons. The molecule has 1 atom stereocenters. The fourth-order valence-electron chi connectivity index (χ4n) is 1.50. The fraction of sp³-hybridized carbons (Fsp3) is 1.00. The number of rotatable bonds is 5. The first-order valence-corrected chi connectivity index (χ1v) is 7.40. The summed E-state index contributed by atoms with van der Waals surface area (Å²) >= 11 is 2.09. The number of ether oxygens (including phenoxy) is 1. The summed E-state index contributed by atoms with van der Waals surface area (Å²) in [5.41, 5.74) is 0. The van der Waals surface area contributed by atoms with Gasteiger partial charge in [-0.25, -0.2) is 0 Å². The monoisotopic (exact) mass is 305 g/mol. The highest BCUT2D eigenvalue weighted by atomic mass is 79.9. The molecule has 7 radical (unpaired) electrons. The molecule has 1 unspecified atom stereocenters. The first-order chi connectivity index (χ1) is 7.31. The predicted molar refractivity (Wildman–Crippen MR) is 75.5 cm³/mol. The van der Waals surface area contributed by atoms with E-state index in [-0.39, 0.29) is 17.0 Å². The minimum absolute atomic E-state index is 0. The van der Waals surface area contributed by atoms with Crippen LogP contribution in [0.25, 0.3) is 0 Å². The van der Waals surface area contributed by atoms with Gasteiger partial charge in [-0.2, -0.15) is 0 Å². The van der Waals surface area contributed by atoms with Gasteiger partial charge in [-0.3, -0.25) is 0 Å². The lowest BCUT2D eigenvalue weighted by Crippen LogP contribution is -2.17. The summed E-state index contributed by atoms with van der Waals surface area (Å²) in [6, 6.07) is 0. The van der Waals surface area contributed by atoms with Gasteiger partial charge in [0.1, 0.15) is 0 Å². The van der Waals surface area contributed by atoms with Crippen molar-refractivity contribution in [2.45, 2.75) is 69.1 Å². The van der Waals surface area contributed by atoms with E-state index < -0.39 is 6.29 Å². The third-order valence-corrected chi connectivity index (χ3v) is 3.01. The van der Waals surface area contributed by atoms with Crippen LogP contribution in [0.1, 0.15) is 58.3 Å². The summed E-state index contributed by atoms with van der Waals surface area (Å²) in [7, 11) is 0. The normalized spacial score (nSPS) is 19.3. The van der Waals surface area contributed by atoms with Crippen molar-refractivity contribution in [3.63, 3.8) is 0 Å². The molecule has 2 nitrogen and oxygen atoms in total. The van der Waals surface area contributed by atoms with E-state index in [9.17, 15) is 0 Å². The molecular weight excluding hydrogens is 280 g/mol. The van der Waals surface area contributed by atoms with Crippen LogP contribution < -0.4 is 0 Å². The van der Waals surface area contributed by atoms with Crippen molar-refractivity contribution >= 4 is 38.7 Å². The van der Waals surface area contributed by atoms with Gasteiger partial charge in [-0.05, 0) is 25.7 Å². The van der Waals surface area contributed by atoms with Gasteiger partial charge in [0.15, 0.2) is 6.29 Å². The van der Waals surface area contributed by atoms with Gasteiger partial charge in [0.05, 0.1) is 0 Å². The Morgan fingerprint density at radius 3 is 2.25 bits per heavy atom. The third-order valence-electron chi connectivity index (χ3n) is 2.51. The Morgan fingerprint density at radius 2 is 1.88 bits per heavy atom. The number of aliphatic hydroxyl groups is 1. The molecule has 16 heavy (non-hydrogen) atoms. The maximum atomic E-state index is 8.69. The summed E-state index contributed by atoms with van der Waals surface area (Å²) < 4.78 is 6.23. The molecule has 1 saturated heterocycles. The average molecular weight is 307 g/mol. The molecule has 4 heteroatoms. The molecule has 0 aromatic carbocycles. The van der Waals surface area contributed by atoms with Crippen LogP contribution >= 0.6 is 17.0 Å². The number of halogens is 1. The summed E-state index contributed by atoms with van der Waals surface area (Å²) in [5, 5.41) is 8.69. The molecule has 1 aliphatic heterocycles. The van der Waals surface area contributed by atoms with Crippen molar-refractivity contribution in [1.82, 2.24) is 0 Å². The summed E-state index contributed by atoms with van der Waals surface area (Å²) in [4.78, 5) is 0. The molecule has 0 aromatic rings. The smallest absolute Gasteiger partial charge is 0.368 e. The standard InChI is InChI=1S/C7H15.C5H10O2.BrH.Mg/c1-3-5-7-6-4-2;6-5-3-1-2-4-7-5;;/h1,3-7H2,2H3;5-6H,1-4H2;1H;/q;;;+2. The zero-order valence-electron chi connectivity index (χ0n) is 10.6. The number of hydrogen-bond donors (Lipinski definition) is 1. The Bertz CT molecular complexity index is 114. The van der Waals surface area contributed by atoms with E-state index in [1.165, 1.54) is 36.7 Å². The average Bonchev–Trinajstić information content (AvgIpc) is 2.27. The third kappa shape index (κ3) is 15.2. The second kappa shape index (κ2) is 16.2. The molecule has 0 amide bonds. The van der Waals surface area contributed by atoms with E-state index in [1.54, 1.807) is 0 Å². The quantitative estimate of drug-likeness (QED) is 0.621. The van der Waals surface area contributed by atoms with Gasteiger partial charge in [0, 0.05) is 13.0 Å². The van der Waals surface area contributed by atoms with E-state index in [4.69, 9.17) is 9.84 Å². The van der Waals surface area contributed by atoms with Gasteiger partial charge in [0.2, 0.25) is 0 Å². The van der Waals surface area contributed by atoms with Gasteiger partial charge in [-0.1, -0.05) is 26.2 Å².